The van der Waals surface area contributed by atoms with E-state index in [1.165, 1.54) is 0 Å². The molecule has 1 fully saturated rings. The van der Waals surface area contributed by atoms with Crippen molar-refractivity contribution in [1.29, 1.82) is 0 Å². The largest absolute Gasteiger partial charge is 0.507 e. The van der Waals surface area contributed by atoms with Crippen LogP contribution in [0.5, 0.6) is 5.75 Å². The normalized spacial score (nSPS) is 30.5. The van der Waals surface area contributed by atoms with Crippen LogP contribution in [-0.4, -0.2) is 60.1 Å². The Balaban J connectivity index is 1.95. The summed E-state index contributed by atoms with van der Waals surface area (Å²) in [7, 11) is 0. The number of phenolic OH excluding ortho intramolecular Hbond substituents is 1. The van der Waals surface area contributed by atoms with Crippen LogP contribution in [0.3, 0.4) is 0 Å². The Morgan fingerprint density at radius 3 is 2.60 bits per heavy atom. The summed E-state index contributed by atoms with van der Waals surface area (Å²) in [5.41, 5.74) is 0.470. The van der Waals surface area contributed by atoms with Gasteiger partial charge in [0.25, 0.3) is 0 Å². The second kappa shape index (κ2) is 6.52. The molecule has 0 radical (unpaired) electrons. The number of phenols is 1. The minimum Gasteiger partial charge on any atom is -0.507 e. The van der Waals surface area contributed by atoms with E-state index in [9.17, 15) is 15.0 Å². The van der Waals surface area contributed by atoms with Gasteiger partial charge >= 0.3 is 5.97 Å². The molecule has 1 aromatic carbocycles. The van der Waals surface area contributed by atoms with Crippen molar-refractivity contribution in [2.75, 3.05) is 11.5 Å². The van der Waals surface area contributed by atoms with Gasteiger partial charge in [0, 0.05) is 22.6 Å². The van der Waals surface area contributed by atoms with Crippen molar-refractivity contribution in [2.24, 2.45) is 4.99 Å². The van der Waals surface area contributed by atoms with Crippen molar-refractivity contribution in [3.63, 3.8) is 0 Å². The summed E-state index contributed by atoms with van der Waals surface area (Å²) in [5, 5.41) is 20.6. The Morgan fingerprint density at radius 2 is 2.00 bits per heavy atom. The van der Waals surface area contributed by atoms with Gasteiger partial charge in [0.1, 0.15) is 16.8 Å². The van der Waals surface area contributed by atoms with Gasteiger partial charge in [-0.05, 0) is 39.8 Å². The first-order valence-corrected chi connectivity index (χ1v) is 10.3. The van der Waals surface area contributed by atoms with Crippen LogP contribution < -0.4 is 0 Å². The summed E-state index contributed by atoms with van der Waals surface area (Å²) in [4.78, 5) is 18.4. The molecular formula is C18H24N2O3S2. The Kier molecular flexibility index (Phi) is 4.85. The third-order valence-electron chi connectivity index (χ3n) is 4.73. The maximum Gasteiger partial charge on any atom is 0.321 e. The van der Waals surface area contributed by atoms with Crippen molar-refractivity contribution >= 4 is 34.5 Å². The second-order valence-corrected chi connectivity index (χ2v) is 10.00. The zero-order chi connectivity index (χ0) is 18.4. The molecule has 2 heterocycles. The van der Waals surface area contributed by atoms with Gasteiger partial charge in [0.2, 0.25) is 0 Å². The second-order valence-electron chi connectivity index (χ2n) is 7.54. The molecule has 0 saturated carbocycles. The number of hydrogen-bond acceptors (Lipinski definition) is 6. The molecule has 25 heavy (non-hydrogen) atoms. The molecule has 136 valence electrons. The van der Waals surface area contributed by atoms with Crippen LogP contribution in [0.1, 0.15) is 33.3 Å². The van der Waals surface area contributed by atoms with Crippen LogP contribution in [0, 0.1) is 0 Å². The summed E-state index contributed by atoms with van der Waals surface area (Å²) in [6, 6.07) is 6.68. The molecule has 1 saturated heterocycles. The molecular weight excluding hydrogens is 356 g/mol. The predicted molar refractivity (Wildman–Crippen MR) is 105 cm³/mol. The van der Waals surface area contributed by atoms with E-state index in [0.717, 1.165) is 16.4 Å². The van der Waals surface area contributed by atoms with Gasteiger partial charge in [-0.2, -0.15) is 0 Å². The number of thioether (sulfide) groups is 2. The van der Waals surface area contributed by atoms with E-state index in [4.69, 9.17) is 4.99 Å². The smallest absolute Gasteiger partial charge is 0.321 e. The van der Waals surface area contributed by atoms with Crippen molar-refractivity contribution in [3.05, 3.63) is 29.8 Å². The van der Waals surface area contributed by atoms with Crippen LogP contribution in [0.25, 0.3) is 0 Å². The number of hydrogen-bond donors (Lipinski definition) is 2. The Labute approximate surface area is 156 Å². The first-order chi connectivity index (χ1) is 11.6. The highest BCUT2D eigenvalue weighted by atomic mass is 32.2. The fourth-order valence-electron chi connectivity index (χ4n) is 3.72. The van der Waals surface area contributed by atoms with E-state index in [2.05, 4.69) is 32.6 Å². The lowest BCUT2D eigenvalue weighted by atomic mass is 9.97. The number of carbonyl (C=O) groups is 1. The quantitative estimate of drug-likeness (QED) is 0.838. The number of nitrogens with zero attached hydrogens (tertiary/aromatic N) is 2. The van der Waals surface area contributed by atoms with E-state index >= 15 is 0 Å². The molecule has 0 aromatic heterocycles. The number of rotatable bonds is 3. The molecule has 7 heteroatoms. The Morgan fingerprint density at radius 1 is 1.32 bits per heavy atom. The highest BCUT2D eigenvalue weighted by molar-refractivity contribution is 8.14. The van der Waals surface area contributed by atoms with Crippen molar-refractivity contribution in [2.45, 2.75) is 50.2 Å². The molecule has 2 aliphatic heterocycles. The number of carboxylic acid groups (broad SMARTS) is 1. The van der Waals surface area contributed by atoms with Crippen molar-refractivity contribution in [1.82, 2.24) is 4.90 Å². The van der Waals surface area contributed by atoms with Crippen LogP contribution >= 0.6 is 23.5 Å². The molecule has 5 nitrogen and oxygen atoms in total. The summed E-state index contributed by atoms with van der Waals surface area (Å²) >= 11 is 3.30. The molecule has 0 aliphatic carbocycles. The number of benzene rings is 1. The van der Waals surface area contributed by atoms with Crippen LogP contribution in [-0.2, 0) is 4.79 Å². The SMILES string of the molecule is CC(C)(C)N1[C@H](C(=O)O)CSC1(C)[C@H]1CSC(c2ccccc2O)=N1. The number of para-hydroxylation sites is 1. The minimum atomic E-state index is -0.776. The van der Waals surface area contributed by atoms with E-state index in [-0.39, 0.29) is 22.2 Å². The maximum atomic E-state index is 11.8. The molecule has 3 rings (SSSR count). The summed E-state index contributed by atoms with van der Waals surface area (Å²) in [6.07, 6.45) is 0. The zero-order valence-corrected chi connectivity index (χ0v) is 16.5. The van der Waals surface area contributed by atoms with Gasteiger partial charge in [-0.3, -0.25) is 14.7 Å². The third-order valence-corrected chi connectivity index (χ3v) is 7.35. The summed E-state index contributed by atoms with van der Waals surface area (Å²) in [6.45, 7) is 8.28. The first kappa shape index (κ1) is 18.6. The van der Waals surface area contributed by atoms with E-state index in [0.29, 0.717) is 5.75 Å². The zero-order valence-electron chi connectivity index (χ0n) is 14.9. The Bertz CT molecular complexity index is 717. The lowest BCUT2D eigenvalue weighted by Gasteiger charge is -2.47. The standard InChI is InChI=1S/C18H24N2O3S2/c1-17(2,3)20-12(16(22)23)9-25-18(20,4)14-10-24-15(19-14)11-7-5-6-8-13(11)21/h5-8,12,14,21H,9-10H2,1-4H3,(H,22,23)/t12-,14+,18?/m0/s1. The molecule has 1 aromatic rings. The molecule has 2 aliphatic rings. The molecule has 0 spiro atoms. The van der Waals surface area contributed by atoms with Crippen LogP contribution in [0.15, 0.2) is 29.3 Å². The number of aliphatic imine (C=N–C) groups is 1. The topological polar surface area (TPSA) is 73.1 Å². The third kappa shape index (κ3) is 3.29. The lowest BCUT2D eigenvalue weighted by molar-refractivity contribution is -0.146. The Hall–Kier alpha value is -1.18. The van der Waals surface area contributed by atoms with Crippen LogP contribution in [0.2, 0.25) is 0 Å². The number of aliphatic carboxylic acids is 1. The molecule has 2 N–H and O–H groups in total. The molecule has 1 unspecified atom stereocenters. The molecule has 0 amide bonds. The fourth-order valence-corrected chi connectivity index (χ4v) is 6.73. The van der Waals surface area contributed by atoms with E-state index in [1.54, 1.807) is 35.7 Å². The van der Waals surface area contributed by atoms with Crippen molar-refractivity contribution < 1.29 is 15.0 Å². The minimum absolute atomic E-state index is 0.0271. The van der Waals surface area contributed by atoms with Crippen molar-refractivity contribution in [3.8, 4) is 5.75 Å². The summed E-state index contributed by atoms with van der Waals surface area (Å²) < 4.78 is 0. The summed E-state index contributed by atoms with van der Waals surface area (Å²) in [5.74, 6) is 0.800. The van der Waals surface area contributed by atoms with Gasteiger partial charge < -0.3 is 10.2 Å². The molecule has 0 bridgehead atoms. The fraction of sp³-hybridized carbons (Fsp3) is 0.556. The lowest BCUT2D eigenvalue weighted by Crippen LogP contribution is -2.60. The monoisotopic (exact) mass is 380 g/mol. The number of carboxylic acids is 1. The van der Waals surface area contributed by atoms with E-state index < -0.39 is 12.0 Å². The highest BCUT2D eigenvalue weighted by Gasteiger charge is 2.55. The van der Waals surface area contributed by atoms with Gasteiger partial charge in [-0.25, -0.2) is 0 Å². The van der Waals surface area contributed by atoms with Crippen LogP contribution in [0.4, 0.5) is 0 Å². The number of aromatic hydroxyl groups is 1. The maximum absolute atomic E-state index is 11.8. The molecule has 3 atom stereocenters. The average Bonchev–Trinajstić information content (AvgIpc) is 3.12. The van der Waals surface area contributed by atoms with Gasteiger partial charge in [-0.15, -0.1) is 23.5 Å². The van der Waals surface area contributed by atoms with E-state index in [1.807, 2.05) is 12.1 Å². The van der Waals surface area contributed by atoms with Gasteiger partial charge in [-0.1, -0.05) is 12.1 Å². The average molecular weight is 381 g/mol. The van der Waals surface area contributed by atoms with Gasteiger partial charge in [0.05, 0.1) is 10.9 Å². The van der Waals surface area contributed by atoms with Gasteiger partial charge in [0.15, 0.2) is 0 Å². The first-order valence-electron chi connectivity index (χ1n) is 8.30. The highest BCUT2D eigenvalue weighted by Crippen LogP contribution is 2.49. The predicted octanol–water partition coefficient (Wildman–Crippen LogP) is 3.27.